The van der Waals surface area contributed by atoms with Crippen molar-refractivity contribution in [2.75, 3.05) is 31.1 Å². The Kier molecular flexibility index (Phi) is 8.17. The fourth-order valence-corrected chi connectivity index (χ4v) is 5.89. The van der Waals surface area contributed by atoms with Crippen LogP contribution in [-0.2, 0) is 15.6 Å². The second-order valence-corrected chi connectivity index (χ2v) is 10.8. The predicted molar refractivity (Wildman–Crippen MR) is 128 cm³/mol. The third-order valence-electron chi connectivity index (χ3n) is 5.81. The van der Waals surface area contributed by atoms with Gasteiger partial charge in [-0.15, -0.1) is 0 Å². The van der Waals surface area contributed by atoms with Crippen LogP contribution in [0, 0.1) is 11.8 Å². The quantitative estimate of drug-likeness (QED) is 0.330. The predicted octanol–water partition coefficient (Wildman–Crippen LogP) is 3.40. The van der Waals surface area contributed by atoms with Gasteiger partial charge >= 0.3 is 12.4 Å². The zero-order chi connectivity index (χ0) is 27.8. The number of allylic oxidation sites excluding steroid dienone is 4. The van der Waals surface area contributed by atoms with Gasteiger partial charge < -0.3 is 15.1 Å². The van der Waals surface area contributed by atoms with Gasteiger partial charge in [-0.3, -0.25) is 0 Å². The molecule has 202 valence electrons. The number of aliphatic hydroxyl groups excluding tert-OH is 1. The van der Waals surface area contributed by atoms with Crippen LogP contribution in [0.5, 0.6) is 0 Å². The van der Waals surface area contributed by atoms with Crippen molar-refractivity contribution in [2.45, 2.75) is 37.4 Å². The van der Waals surface area contributed by atoms with Crippen molar-refractivity contribution in [1.82, 2.24) is 4.31 Å². The van der Waals surface area contributed by atoms with E-state index in [1.807, 2.05) is 0 Å². The second-order valence-electron chi connectivity index (χ2n) is 8.36. The lowest BCUT2D eigenvalue weighted by molar-refractivity contribution is -0.376. The van der Waals surface area contributed by atoms with Gasteiger partial charge in [0.1, 0.15) is 6.10 Å². The molecule has 0 unspecified atom stereocenters. The number of rotatable bonds is 4. The summed E-state index contributed by atoms with van der Waals surface area (Å²) in [5.41, 5.74) is -6.82. The van der Waals surface area contributed by atoms with Gasteiger partial charge in [0.15, 0.2) is 0 Å². The molecule has 37 heavy (non-hydrogen) atoms. The molecule has 14 heteroatoms. The zero-order valence-corrected chi connectivity index (χ0v) is 20.9. The fourth-order valence-electron chi connectivity index (χ4n) is 3.87. The first-order chi connectivity index (χ1) is 17.0. The zero-order valence-electron chi connectivity index (χ0n) is 19.3. The summed E-state index contributed by atoms with van der Waals surface area (Å²) in [5.74, 6) is 4.65. The average molecular weight is 569 g/mol. The van der Waals surface area contributed by atoms with E-state index in [9.17, 15) is 45.0 Å². The van der Waals surface area contributed by atoms with E-state index in [2.05, 4.69) is 11.8 Å². The van der Waals surface area contributed by atoms with Crippen LogP contribution in [0.15, 0.2) is 41.3 Å². The molecule has 0 radical (unpaired) electrons. The van der Waals surface area contributed by atoms with Gasteiger partial charge in [0.2, 0.25) is 10.0 Å². The maximum Gasteiger partial charge on any atom is 0.430 e. The van der Waals surface area contributed by atoms with E-state index in [0.29, 0.717) is 18.6 Å². The number of hydrogen-bond acceptors (Lipinski definition) is 6. The Morgan fingerprint density at radius 2 is 1.65 bits per heavy atom. The van der Waals surface area contributed by atoms with E-state index in [0.717, 1.165) is 6.07 Å². The molecule has 1 aromatic carbocycles. The maximum absolute atomic E-state index is 13.4. The molecule has 2 N–H and O–H groups in total. The molecule has 2 aliphatic rings. The molecule has 1 fully saturated rings. The third kappa shape index (κ3) is 5.70. The van der Waals surface area contributed by atoms with E-state index >= 15 is 0 Å². The summed E-state index contributed by atoms with van der Waals surface area (Å²) in [4.78, 5) is 1.82. The van der Waals surface area contributed by atoms with Crippen LogP contribution in [-0.4, -0.2) is 72.4 Å². The van der Waals surface area contributed by atoms with Crippen molar-refractivity contribution in [3.63, 3.8) is 0 Å². The molecule has 0 aromatic heterocycles. The third-order valence-corrected chi connectivity index (χ3v) is 8.31. The van der Waals surface area contributed by atoms with E-state index in [-0.39, 0.29) is 47.2 Å². The molecule has 0 spiro atoms. The number of thiocarbonyl (C=S) groups is 1. The molecule has 1 aliphatic carbocycles. The Hall–Kier alpha value is -2.44. The topological polar surface area (TPSA) is 81.1 Å². The van der Waals surface area contributed by atoms with Gasteiger partial charge in [0.05, 0.1) is 10.6 Å². The highest BCUT2D eigenvalue weighted by Crippen LogP contribution is 2.50. The number of hydrogen-bond donors (Lipinski definition) is 2. The highest BCUT2D eigenvalue weighted by molar-refractivity contribution is 7.96. The summed E-state index contributed by atoms with van der Waals surface area (Å²) in [7, 11) is -3.90. The summed E-state index contributed by atoms with van der Waals surface area (Å²) in [6, 6.07) is 1.94. The van der Waals surface area contributed by atoms with Crippen LogP contribution in [0.2, 0.25) is 0 Å². The SMILES string of the molecule is C[C@H](O)C#Cc1cc(C(O)(C(F)(F)F)C(F)(F)F)ccc1N1CCN(S(=O)(=O)C2=CC=CCC2=S)CC1. The minimum Gasteiger partial charge on any atom is -0.381 e. The van der Waals surface area contributed by atoms with Gasteiger partial charge in [-0.1, -0.05) is 42.3 Å². The molecule has 1 aromatic rings. The van der Waals surface area contributed by atoms with E-state index in [1.54, 1.807) is 17.1 Å². The molecular formula is C23H22F6N2O4S2. The van der Waals surface area contributed by atoms with Gasteiger partial charge in [0, 0.05) is 48.6 Å². The molecule has 0 amide bonds. The number of alkyl halides is 6. The van der Waals surface area contributed by atoms with Crippen molar-refractivity contribution in [3.05, 3.63) is 52.5 Å². The minimum absolute atomic E-state index is 0.00452. The minimum atomic E-state index is -6.08. The molecule has 0 bridgehead atoms. The normalized spacial score (nSPS) is 18.8. The second kappa shape index (κ2) is 10.4. The summed E-state index contributed by atoms with van der Waals surface area (Å²) in [6.07, 6.45) is -8.40. The monoisotopic (exact) mass is 568 g/mol. The van der Waals surface area contributed by atoms with Crippen LogP contribution < -0.4 is 4.90 Å². The Balaban J connectivity index is 1.96. The molecule has 1 atom stereocenters. The van der Waals surface area contributed by atoms with Gasteiger partial charge in [0.25, 0.3) is 5.60 Å². The summed E-state index contributed by atoms with van der Waals surface area (Å²) in [5, 5.41) is 19.3. The van der Waals surface area contributed by atoms with Crippen LogP contribution >= 0.6 is 12.2 Å². The van der Waals surface area contributed by atoms with Crippen LogP contribution in [0.3, 0.4) is 0 Å². The lowest BCUT2D eigenvalue weighted by Crippen LogP contribution is -2.54. The smallest absolute Gasteiger partial charge is 0.381 e. The largest absolute Gasteiger partial charge is 0.430 e. The van der Waals surface area contributed by atoms with Crippen molar-refractivity contribution in [2.24, 2.45) is 0 Å². The van der Waals surface area contributed by atoms with E-state index < -0.39 is 39.6 Å². The number of nitrogens with zero attached hydrogens (tertiary/aromatic N) is 2. The van der Waals surface area contributed by atoms with Crippen molar-refractivity contribution in [3.8, 4) is 11.8 Å². The highest BCUT2D eigenvalue weighted by Gasteiger charge is 2.71. The summed E-state index contributed by atoms with van der Waals surface area (Å²) >= 11 is 5.15. The molecule has 1 heterocycles. The lowest BCUT2D eigenvalue weighted by Gasteiger charge is -2.37. The van der Waals surface area contributed by atoms with Crippen molar-refractivity contribution < 1.29 is 45.0 Å². The van der Waals surface area contributed by atoms with Crippen LogP contribution in [0.1, 0.15) is 24.5 Å². The number of halogens is 6. The molecule has 6 nitrogen and oxygen atoms in total. The number of aliphatic hydroxyl groups is 2. The van der Waals surface area contributed by atoms with Crippen LogP contribution in [0.4, 0.5) is 32.0 Å². The summed E-state index contributed by atoms with van der Waals surface area (Å²) in [6.45, 7) is 1.26. The Labute approximate surface area is 214 Å². The molecule has 1 aliphatic heterocycles. The number of benzene rings is 1. The Bertz CT molecular complexity index is 1270. The molecule has 0 saturated carbocycles. The van der Waals surface area contributed by atoms with Crippen molar-refractivity contribution in [1.29, 1.82) is 0 Å². The molecular weight excluding hydrogens is 546 g/mol. The van der Waals surface area contributed by atoms with Gasteiger partial charge in [-0.25, -0.2) is 8.42 Å². The first kappa shape index (κ1) is 29.1. The van der Waals surface area contributed by atoms with Crippen molar-refractivity contribution >= 4 is 32.8 Å². The van der Waals surface area contributed by atoms with Crippen LogP contribution in [0.25, 0.3) is 0 Å². The standard InChI is InChI=1S/C23H22F6N2O4S2/c1-15(32)6-7-16-14-17(21(33,22(24,25)26)23(27,28)29)8-9-18(16)30-10-12-31(13-11-30)37(34,35)20-5-3-2-4-19(20)36/h2-3,5,8-9,14-15,32-33H,4,10-13H2,1H3/t15-/m0/s1. The Morgan fingerprint density at radius 3 is 2.16 bits per heavy atom. The van der Waals surface area contributed by atoms with Gasteiger partial charge in [-0.2, -0.15) is 30.6 Å². The average Bonchev–Trinajstić information content (AvgIpc) is 2.81. The number of piperazine rings is 1. The van der Waals surface area contributed by atoms with Gasteiger partial charge in [-0.05, 0) is 25.1 Å². The number of sulfonamides is 1. The lowest BCUT2D eigenvalue weighted by atomic mass is 9.90. The molecule has 1 saturated heterocycles. The first-order valence-corrected chi connectivity index (χ1v) is 12.7. The van der Waals surface area contributed by atoms with E-state index in [4.69, 9.17) is 12.2 Å². The van der Waals surface area contributed by atoms with E-state index in [1.165, 1.54) is 17.3 Å². The summed E-state index contributed by atoms with van der Waals surface area (Å²) < 4.78 is 108. The molecule has 3 rings (SSSR count). The highest BCUT2D eigenvalue weighted by atomic mass is 32.2. The Morgan fingerprint density at radius 1 is 1.05 bits per heavy atom. The number of anilines is 1. The fraction of sp³-hybridized carbons (Fsp3) is 0.435. The first-order valence-electron chi connectivity index (χ1n) is 10.8. The maximum atomic E-state index is 13.4.